The lowest BCUT2D eigenvalue weighted by atomic mass is 9.91. The summed E-state index contributed by atoms with van der Waals surface area (Å²) < 4.78 is 27.6. The maximum atomic E-state index is 13.1. The Labute approximate surface area is 209 Å². The normalized spacial score (nSPS) is 16.7. The van der Waals surface area contributed by atoms with Crippen LogP contribution in [0.15, 0.2) is 64.7 Å². The maximum Gasteiger partial charge on any atom is 0.240 e. The van der Waals surface area contributed by atoms with Crippen LogP contribution in [0.3, 0.4) is 0 Å². The SMILES string of the molecule is CC(C)CNC1=C(C(C)C)C(=O)C(Cc2cccc(CCNS(=O)(=O)c3ccc(Cl)cc3)c2)C1. The van der Waals surface area contributed by atoms with Crippen LogP contribution in [0.1, 0.15) is 45.2 Å². The third-order valence-electron chi connectivity index (χ3n) is 6.02. The summed E-state index contributed by atoms with van der Waals surface area (Å²) in [5.74, 6) is 0.920. The Kier molecular flexibility index (Phi) is 8.96. The Balaban J connectivity index is 1.60. The molecule has 0 spiro atoms. The summed E-state index contributed by atoms with van der Waals surface area (Å²) in [6, 6.07) is 14.2. The number of hydrogen-bond acceptors (Lipinski definition) is 4. The van der Waals surface area contributed by atoms with E-state index in [4.69, 9.17) is 11.6 Å². The summed E-state index contributed by atoms with van der Waals surface area (Å²) in [4.78, 5) is 13.3. The van der Waals surface area contributed by atoms with Gasteiger partial charge in [-0.1, -0.05) is 63.6 Å². The Hall–Kier alpha value is -2.15. The highest BCUT2D eigenvalue weighted by Crippen LogP contribution is 2.33. The fourth-order valence-corrected chi connectivity index (χ4v) is 5.49. The molecule has 1 unspecified atom stereocenters. The first kappa shape index (κ1) is 26.5. The molecule has 7 heteroatoms. The topological polar surface area (TPSA) is 75.3 Å². The molecule has 0 saturated carbocycles. The molecule has 0 saturated heterocycles. The zero-order valence-corrected chi connectivity index (χ0v) is 22.0. The van der Waals surface area contributed by atoms with Gasteiger partial charge in [-0.2, -0.15) is 0 Å². The summed E-state index contributed by atoms with van der Waals surface area (Å²) in [7, 11) is -3.58. The lowest BCUT2D eigenvalue weighted by Gasteiger charge is -2.13. The van der Waals surface area contributed by atoms with Crippen LogP contribution in [-0.4, -0.2) is 27.3 Å². The fraction of sp³-hybridized carbons (Fsp3) is 0.444. The van der Waals surface area contributed by atoms with Crippen LogP contribution in [0.2, 0.25) is 5.02 Å². The maximum absolute atomic E-state index is 13.1. The first-order chi connectivity index (χ1) is 16.1. The van der Waals surface area contributed by atoms with E-state index in [0.717, 1.165) is 35.4 Å². The quantitative estimate of drug-likeness (QED) is 0.445. The van der Waals surface area contributed by atoms with Gasteiger partial charge in [0, 0.05) is 35.3 Å². The predicted molar refractivity (Wildman–Crippen MR) is 138 cm³/mol. The van der Waals surface area contributed by atoms with E-state index in [-0.39, 0.29) is 22.5 Å². The summed E-state index contributed by atoms with van der Waals surface area (Å²) in [6.45, 7) is 9.65. The third-order valence-corrected chi connectivity index (χ3v) is 7.75. The molecule has 2 N–H and O–H groups in total. The average molecular weight is 503 g/mol. The lowest BCUT2D eigenvalue weighted by molar-refractivity contribution is -0.118. The Bertz CT molecular complexity index is 1140. The molecular formula is C27H35ClN2O3S. The molecule has 1 aliphatic rings. The van der Waals surface area contributed by atoms with E-state index in [1.807, 2.05) is 18.2 Å². The minimum Gasteiger partial charge on any atom is -0.388 e. The van der Waals surface area contributed by atoms with Crippen molar-refractivity contribution in [3.63, 3.8) is 0 Å². The first-order valence-corrected chi connectivity index (χ1v) is 13.8. The molecule has 0 aromatic heterocycles. The summed E-state index contributed by atoms with van der Waals surface area (Å²) >= 11 is 5.85. The van der Waals surface area contributed by atoms with E-state index in [1.165, 1.54) is 12.1 Å². The molecule has 184 valence electrons. The molecule has 34 heavy (non-hydrogen) atoms. The van der Waals surface area contributed by atoms with Crippen molar-refractivity contribution in [2.24, 2.45) is 17.8 Å². The fourth-order valence-electron chi connectivity index (χ4n) is 4.33. The molecule has 0 aliphatic heterocycles. The summed E-state index contributed by atoms with van der Waals surface area (Å²) in [6.07, 6.45) is 2.01. The highest BCUT2D eigenvalue weighted by atomic mass is 35.5. The van der Waals surface area contributed by atoms with Crippen molar-refractivity contribution in [1.29, 1.82) is 0 Å². The van der Waals surface area contributed by atoms with Crippen LogP contribution >= 0.6 is 11.6 Å². The highest BCUT2D eigenvalue weighted by molar-refractivity contribution is 7.89. The number of halogens is 1. The molecule has 0 fully saturated rings. The van der Waals surface area contributed by atoms with Gasteiger partial charge in [0.25, 0.3) is 0 Å². The zero-order valence-electron chi connectivity index (χ0n) is 20.4. The second kappa shape index (κ2) is 11.5. The summed E-state index contributed by atoms with van der Waals surface area (Å²) in [5.41, 5.74) is 4.19. The smallest absolute Gasteiger partial charge is 0.240 e. The third kappa shape index (κ3) is 6.94. The number of rotatable bonds is 11. The molecule has 1 atom stereocenters. The van der Waals surface area contributed by atoms with E-state index < -0.39 is 10.0 Å². The monoisotopic (exact) mass is 502 g/mol. The molecule has 5 nitrogen and oxygen atoms in total. The van der Waals surface area contributed by atoms with Crippen LogP contribution in [-0.2, 0) is 27.7 Å². The van der Waals surface area contributed by atoms with Gasteiger partial charge in [0.1, 0.15) is 0 Å². The second-order valence-corrected chi connectivity index (χ2v) is 11.9. The van der Waals surface area contributed by atoms with Gasteiger partial charge in [0.15, 0.2) is 5.78 Å². The van der Waals surface area contributed by atoms with Crippen molar-refractivity contribution in [3.8, 4) is 0 Å². The van der Waals surface area contributed by atoms with E-state index in [0.29, 0.717) is 30.3 Å². The Morgan fingerprint density at radius 1 is 1.03 bits per heavy atom. The molecule has 1 aliphatic carbocycles. The molecule has 0 bridgehead atoms. The number of carbonyl (C=O) groups excluding carboxylic acids is 1. The molecule has 3 rings (SSSR count). The minimum absolute atomic E-state index is 0.0503. The molecular weight excluding hydrogens is 468 g/mol. The van der Waals surface area contributed by atoms with Crippen LogP contribution in [0.5, 0.6) is 0 Å². The number of sulfonamides is 1. The lowest BCUT2D eigenvalue weighted by Crippen LogP contribution is -2.26. The molecule has 2 aromatic carbocycles. The second-order valence-electron chi connectivity index (χ2n) is 9.71. The predicted octanol–water partition coefficient (Wildman–Crippen LogP) is 5.15. The van der Waals surface area contributed by atoms with Crippen LogP contribution in [0.25, 0.3) is 0 Å². The number of ketones is 1. The van der Waals surface area contributed by atoms with Gasteiger partial charge in [0.05, 0.1) is 4.90 Å². The van der Waals surface area contributed by atoms with Crippen molar-refractivity contribution in [2.45, 2.75) is 51.9 Å². The number of nitrogens with one attached hydrogen (secondary N) is 2. The number of Topliss-reactive ketones (excluding diaryl/α,β-unsaturated/α-hetero) is 1. The van der Waals surface area contributed by atoms with Crippen LogP contribution < -0.4 is 10.0 Å². The van der Waals surface area contributed by atoms with Crippen LogP contribution in [0, 0.1) is 17.8 Å². The summed E-state index contributed by atoms with van der Waals surface area (Å²) in [5, 5.41) is 4.01. The van der Waals surface area contributed by atoms with Crippen molar-refractivity contribution < 1.29 is 13.2 Å². The van der Waals surface area contributed by atoms with Gasteiger partial charge in [-0.3, -0.25) is 4.79 Å². The van der Waals surface area contributed by atoms with Crippen molar-refractivity contribution >= 4 is 27.4 Å². The number of carbonyl (C=O) groups is 1. The molecule has 2 aromatic rings. The van der Waals surface area contributed by atoms with Crippen molar-refractivity contribution in [1.82, 2.24) is 10.0 Å². The number of benzene rings is 2. The van der Waals surface area contributed by atoms with Gasteiger partial charge >= 0.3 is 0 Å². The Morgan fingerprint density at radius 2 is 1.71 bits per heavy atom. The molecule has 0 heterocycles. The largest absolute Gasteiger partial charge is 0.388 e. The average Bonchev–Trinajstić information content (AvgIpc) is 3.08. The number of hydrogen-bond donors (Lipinski definition) is 2. The van der Waals surface area contributed by atoms with Gasteiger partial charge in [-0.25, -0.2) is 13.1 Å². The van der Waals surface area contributed by atoms with Gasteiger partial charge in [-0.15, -0.1) is 0 Å². The highest BCUT2D eigenvalue weighted by Gasteiger charge is 2.34. The van der Waals surface area contributed by atoms with Gasteiger partial charge in [-0.05, 0) is 66.5 Å². The van der Waals surface area contributed by atoms with E-state index in [2.05, 4.69) is 43.8 Å². The standard InChI is InChI=1S/C27H35ClN2O3S/c1-18(2)17-29-25-16-22(27(31)26(25)19(3)4)15-21-7-5-6-20(14-21)12-13-30-34(32,33)24-10-8-23(28)9-11-24/h5-11,14,18-19,22,29-30H,12-13,15-17H2,1-4H3. The molecule has 0 amide bonds. The Morgan fingerprint density at radius 3 is 2.35 bits per heavy atom. The van der Waals surface area contributed by atoms with Crippen molar-refractivity contribution in [3.05, 3.63) is 76.0 Å². The molecule has 0 radical (unpaired) electrons. The zero-order chi connectivity index (χ0) is 24.9. The van der Waals surface area contributed by atoms with Crippen molar-refractivity contribution in [2.75, 3.05) is 13.1 Å². The van der Waals surface area contributed by atoms with E-state index in [9.17, 15) is 13.2 Å². The van der Waals surface area contributed by atoms with Crippen LogP contribution in [0.4, 0.5) is 0 Å². The number of allylic oxidation sites excluding steroid dienone is 2. The van der Waals surface area contributed by atoms with Gasteiger partial charge < -0.3 is 5.32 Å². The van der Waals surface area contributed by atoms with E-state index in [1.54, 1.807) is 12.1 Å². The van der Waals surface area contributed by atoms with E-state index >= 15 is 0 Å². The minimum atomic E-state index is -3.58. The van der Waals surface area contributed by atoms with Gasteiger partial charge in [0.2, 0.25) is 10.0 Å². The first-order valence-electron chi connectivity index (χ1n) is 11.9.